The Labute approximate surface area is 91.9 Å². The molecule has 1 atom stereocenters. The van der Waals surface area contributed by atoms with Crippen LogP contribution in [0.5, 0.6) is 0 Å². The summed E-state index contributed by atoms with van der Waals surface area (Å²) in [6.45, 7) is 1.92. The summed E-state index contributed by atoms with van der Waals surface area (Å²) in [6.07, 6.45) is 1.01. The third-order valence-corrected chi connectivity index (χ3v) is 4.10. The van der Waals surface area contributed by atoms with Crippen molar-refractivity contribution in [3.05, 3.63) is 16.1 Å². The number of methoxy groups -OCH3 is 1. The quantitative estimate of drug-likeness (QED) is 0.848. The van der Waals surface area contributed by atoms with Gasteiger partial charge in [0.2, 0.25) is 0 Å². The molecule has 1 N–H and O–H groups in total. The summed E-state index contributed by atoms with van der Waals surface area (Å²) in [6, 6.07) is 0. The molecule has 2 rings (SSSR count). The minimum Gasteiger partial charge on any atom is -0.479 e. The van der Waals surface area contributed by atoms with Crippen molar-refractivity contribution in [2.75, 3.05) is 7.11 Å². The molecule has 1 unspecified atom stereocenters. The third kappa shape index (κ3) is 1.55. The molecule has 15 heavy (non-hydrogen) atoms. The van der Waals surface area contributed by atoms with Crippen LogP contribution in [0, 0.1) is 6.92 Å². The predicted octanol–water partition coefficient (Wildman–Crippen LogP) is 1.58. The van der Waals surface area contributed by atoms with E-state index in [2.05, 4.69) is 4.98 Å². The monoisotopic (exact) mass is 227 g/mol. The molecule has 0 saturated heterocycles. The third-order valence-electron chi connectivity index (χ3n) is 2.95. The van der Waals surface area contributed by atoms with E-state index in [0.717, 1.165) is 23.4 Å². The first-order chi connectivity index (χ1) is 7.12. The van der Waals surface area contributed by atoms with E-state index < -0.39 is 12.1 Å². The first-order valence-corrected chi connectivity index (χ1v) is 5.66. The van der Waals surface area contributed by atoms with Crippen molar-refractivity contribution in [2.24, 2.45) is 0 Å². The Balaban J connectivity index is 2.35. The number of carboxylic acids is 1. The largest absolute Gasteiger partial charge is 0.479 e. The Morgan fingerprint density at radius 3 is 2.73 bits per heavy atom. The van der Waals surface area contributed by atoms with E-state index in [1.54, 1.807) is 5.51 Å². The first kappa shape index (κ1) is 10.6. The maximum atomic E-state index is 11.1. The molecule has 1 aliphatic rings. The van der Waals surface area contributed by atoms with Crippen LogP contribution in [0.25, 0.3) is 0 Å². The number of hydrogen-bond donors (Lipinski definition) is 1. The standard InChI is InChI=1S/C10H13NO3S/c1-6-8(15-5-11-6)10(3-4-10)7(14-2)9(12)13/h5,7H,3-4H2,1-2H3,(H,12,13). The highest BCUT2D eigenvalue weighted by Crippen LogP contribution is 2.54. The maximum Gasteiger partial charge on any atom is 0.333 e. The lowest BCUT2D eigenvalue weighted by molar-refractivity contribution is -0.150. The summed E-state index contributed by atoms with van der Waals surface area (Å²) < 4.78 is 5.10. The highest BCUT2D eigenvalue weighted by atomic mass is 32.1. The molecule has 1 saturated carbocycles. The molecule has 5 heteroatoms. The molecular weight excluding hydrogens is 214 g/mol. The van der Waals surface area contributed by atoms with Gasteiger partial charge in [-0.1, -0.05) is 0 Å². The van der Waals surface area contributed by atoms with Gasteiger partial charge in [0.05, 0.1) is 11.2 Å². The number of hydrogen-bond acceptors (Lipinski definition) is 4. The normalized spacial score (nSPS) is 19.9. The molecule has 0 amide bonds. The van der Waals surface area contributed by atoms with Gasteiger partial charge in [0.15, 0.2) is 6.10 Å². The number of rotatable bonds is 4. The molecule has 0 spiro atoms. The minimum absolute atomic E-state index is 0.314. The summed E-state index contributed by atoms with van der Waals surface area (Å²) in [4.78, 5) is 16.3. The van der Waals surface area contributed by atoms with Gasteiger partial charge in [-0.2, -0.15) is 0 Å². The molecule has 82 valence electrons. The van der Waals surface area contributed by atoms with Crippen molar-refractivity contribution in [3.8, 4) is 0 Å². The number of carbonyl (C=O) groups is 1. The second kappa shape index (κ2) is 3.57. The Bertz CT molecular complexity index is 384. The minimum atomic E-state index is -0.886. The molecule has 1 aromatic heterocycles. The Hall–Kier alpha value is -0.940. The van der Waals surface area contributed by atoms with E-state index in [1.165, 1.54) is 18.4 Å². The van der Waals surface area contributed by atoms with Crippen LogP contribution in [0.1, 0.15) is 23.4 Å². The first-order valence-electron chi connectivity index (χ1n) is 4.78. The molecule has 1 heterocycles. The summed E-state index contributed by atoms with van der Waals surface area (Å²) in [5, 5.41) is 9.10. The van der Waals surface area contributed by atoms with Crippen LogP contribution in [0.4, 0.5) is 0 Å². The molecule has 1 aromatic rings. The van der Waals surface area contributed by atoms with Crippen LogP contribution >= 0.6 is 11.3 Å². The second-order valence-corrected chi connectivity index (χ2v) is 4.73. The fraction of sp³-hybridized carbons (Fsp3) is 0.600. The van der Waals surface area contributed by atoms with Crippen molar-refractivity contribution in [2.45, 2.75) is 31.3 Å². The van der Waals surface area contributed by atoms with E-state index in [-0.39, 0.29) is 5.41 Å². The smallest absolute Gasteiger partial charge is 0.333 e. The van der Waals surface area contributed by atoms with Crippen molar-refractivity contribution < 1.29 is 14.6 Å². The van der Waals surface area contributed by atoms with E-state index >= 15 is 0 Å². The fourth-order valence-corrected chi connectivity index (χ4v) is 3.17. The number of carboxylic acid groups (broad SMARTS) is 1. The topological polar surface area (TPSA) is 59.4 Å². The molecular formula is C10H13NO3S. The SMILES string of the molecule is COC(C(=O)O)C1(c2scnc2C)CC1. The van der Waals surface area contributed by atoms with E-state index in [1.807, 2.05) is 6.92 Å². The molecule has 0 aliphatic heterocycles. The van der Waals surface area contributed by atoms with Crippen molar-refractivity contribution in [3.63, 3.8) is 0 Å². The zero-order valence-corrected chi connectivity index (χ0v) is 9.50. The number of aromatic nitrogens is 1. The van der Waals surface area contributed by atoms with Gasteiger partial charge in [-0.3, -0.25) is 0 Å². The van der Waals surface area contributed by atoms with Crippen LogP contribution < -0.4 is 0 Å². The summed E-state index contributed by atoms with van der Waals surface area (Å²) in [5.41, 5.74) is 2.38. The van der Waals surface area contributed by atoms with Gasteiger partial charge in [0.25, 0.3) is 0 Å². The van der Waals surface area contributed by atoms with Crippen molar-refractivity contribution >= 4 is 17.3 Å². The molecule has 0 radical (unpaired) electrons. The molecule has 0 aromatic carbocycles. The molecule has 1 aliphatic carbocycles. The predicted molar refractivity (Wildman–Crippen MR) is 56.2 cm³/mol. The van der Waals surface area contributed by atoms with Crippen LogP contribution in [0.15, 0.2) is 5.51 Å². The zero-order valence-electron chi connectivity index (χ0n) is 8.69. The highest BCUT2D eigenvalue weighted by molar-refractivity contribution is 7.10. The average Bonchev–Trinajstić information content (AvgIpc) is 2.83. The van der Waals surface area contributed by atoms with E-state index in [4.69, 9.17) is 9.84 Å². The van der Waals surface area contributed by atoms with Gasteiger partial charge < -0.3 is 9.84 Å². The number of ether oxygens (including phenoxy) is 1. The van der Waals surface area contributed by atoms with Crippen LogP contribution in [-0.4, -0.2) is 29.3 Å². The van der Waals surface area contributed by atoms with Crippen molar-refractivity contribution in [1.82, 2.24) is 4.98 Å². The van der Waals surface area contributed by atoms with Gasteiger partial charge in [-0.25, -0.2) is 9.78 Å². The van der Waals surface area contributed by atoms with Crippen LogP contribution in [0.2, 0.25) is 0 Å². The van der Waals surface area contributed by atoms with Crippen LogP contribution in [-0.2, 0) is 14.9 Å². The van der Waals surface area contributed by atoms with E-state index in [9.17, 15) is 4.79 Å². The van der Waals surface area contributed by atoms with Crippen molar-refractivity contribution in [1.29, 1.82) is 0 Å². The Morgan fingerprint density at radius 1 is 1.73 bits per heavy atom. The Morgan fingerprint density at radius 2 is 2.40 bits per heavy atom. The Kier molecular flexibility index (Phi) is 2.52. The molecule has 1 fully saturated rings. The molecule has 0 bridgehead atoms. The van der Waals surface area contributed by atoms with Gasteiger partial charge in [-0.05, 0) is 19.8 Å². The van der Waals surface area contributed by atoms with Gasteiger partial charge in [-0.15, -0.1) is 11.3 Å². The summed E-state index contributed by atoms with van der Waals surface area (Å²) >= 11 is 1.53. The lowest BCUT2D eigenvalue weighted by Crippen LogP contribution is -2.35. The lowest BCUT2D eigenvalue weighted by atomic mass is 9.96. The highest BCUT2D eigenvalue weighted by Gasteiger charge is 2.56. The van der Waals surface area contributed by atoms with Crippen LogP contribution in [0.3, 0.4) is 0 Å². The average molecular weight is 227 g/mol. The van der Waals surface area contributed by atoms with Gasteiger partial charge in [0, 0.05) is 17.4 Å². The number of aryl methyl sites for hydroxylation is 1. The second-order valence-electron chi connectivity index (χ2n) is 3.88. The number of aliphatic carboxylic acids is 1. The molecule has 4 nitrogen and oxygen atoms in total. The lowest BCUT2D eigenvalue weighted by Gasteiger charge is -2.21. The maximum absolute atomic E-state index is 11.1. The summed E-state index contributed by atoms with van der Waals surface area (Å²) in [7, 11) is 1.45. The van der Waals surface area contributed by atoms with E-state index in [0.29, 0.717) is 0 Å². The fourth-order valence-electron chi connectivity index (χ4n) is 2.09. The number of nitrogens with zero attached hydrogens (tertiary/aromatic N) is 1. The van der Waals surface area contributed by atoms with Gasteiger partial charge in [0.1, 0.15) is 0 Å². The zero-order chi connectivity index (χ0) is 11.1. The summed E-state index contributed by atoms with van der Waals surface area (Å²) in [5.74, 6) is -0.886. The number of thiazole rings is 1. The van der Waals surface area contributed by atoms with Gasteiger partial charge >= 0.3 is 5.97 Å².